The Morgan fingerprint density at radius 2 is 1.59 bits per heavy atom. The monoisotopic (exact) mass is 316 g/mol. The Hall–Kier alpha value is -1.11. The third-order valence-electron chi connectivity index (χ3n) is 4.49. The molecule has 0 aromatic heterocycles. The van der Waals surface area contributed by atoms with E-state index < -0.39 is 23.1 Å². The van der Waals surface area contributed by atoms with Crippen LogP contribution < -0.4 is 0 Å². The number of rotatable bonds is 1. The zero-order valence-corrected chi connectivity index (χ0v) is 12.4. The number of hydrogen-bond donors (Lipinski definition) is 0. The highest BCUT2D eigenvalue weighted by Crippen LogP contribution is 2.41. The van der Waals surface area contributed by atoms with Gasteiger partial charge >= 0.3 is 6.18 Å². The minimum absolute atomic E-state index is 0.393. The molecule has 2 fully saturated rings. The minimum Gasteiger partial charge on any atom is -0.341 e. The van der Waals surface area contributed by atoms with E-state index >= 15 is 0 Å². The highest BCUT2D eigenvalue weighted by molar-refractivity contribution is 5.27. The zero-order chi connectivity index (χ0) is 15.8. The summed E-state index contributed by atoms with van der Waals surface area (Å²) < 4.78 is 43.7. The summed E-state index contributed by atoms with van der Waals surface area (Å²) >= 11 is 0. The van der Waals surface area contributed by atoms with Crippen molar-refractivity contribution in [3.8, 4) is 0 Å². The average Bonchev–Trinajstić information content (AvgIpc) is 2.51. The van der Waals surface area contributed by atoms with Gasteiger partial charge in [0.1, 0.15) is 5.60 Å². The van der Waals surface area contributed by atoms with Crippen LogP contribution in [0.1, 0.15) is 50.2 Å². The van der Waals surface area contributed by atoms with Gasteiger partial charge in [-0.25, -0.2) is 4.89 Å². The largest absolute Gasteiger partial charge is 0.416 e. The maximum atomic E-state index is 12.6. The van der Waals surface area contributed by atoms with Crippen LogP contribution in [-0.2, 0) is 26.5 Å². The molecule has 1 aromatic rings. The molecule has 0 amide bonds. The number of benzene rings is 1. The summed E-state index contributed by atoms with van der Waals surface area (Å²) in [7, 11) is 0. The summed E-state index contributed by atoms with van der Waals surface area (Å²) in [5.41, 5.74) is -0.588. The Labute approximate surface area is 127 Å². The van der Waals surface area contributed by atoms with E-state index in [0.29, 0.717) is 12.2 Å². The van der Waals surface area contributed by atoms with Gasteiger partial charge in [-0.15, -0.1) is 0 Å². The fourth-order valence-corrected chi connectivity index (χ4v) is 3.00. The van der Waals surface area contributed by atoms with Crippen LogP contribution in [0.25, 0.3) is 0 Å². The lowest BCUT2D eigenvalue weighted by Crippen LogP contribution is -2.50. The van der Waals surface area contributed by atoms with Crippen molar-refractivity contribution >= 4 is 0 Å². The average molecular weight is 316 g/mol. The Morgan fingerprint density at radius 3 is 2.09 bits per heavy atom. The smallest absolute Gasteiger partial charge is 0.341 e. The molecule has 1 aliphatic carbocycles. The van der Waals surface area contributed by atoms with E-state index in [1.54, 1.807) is 6.92 Å². The van der Waals surface area contributed by atoms with Crippen molar-refractivity contribution in [2.24, 2.45) is 0 Å². The van der Waals surface area contributed by atoms with Gasteiger partial charge in [-0.2, -0.15) is 18.1 Å². The van der Waals surface area contributed by atoms with Gasteiger partial charge in [-0.3, -0.25) is 0 Å². The molecule has 0 N–H and O–H groups in total. The van der Waals surface area contributed by atoms with Gasteiger partial charge in [0.15, 0.2) is 0 Å². The SMILES string of the molecule is CC1(c2ccc(C(F)(F)F)cc2)OCC2(CCCCC2)OO1. The van der Waals surface area contributed by atoms with E-state index in [2.05, 4.69) is 0 Å². The summed E-state index contributed by atoms with van der Waals surface area (Å²) in [6, 6.07) is 4.78. The minimum atomic E-state index is -4.35. The molecule has 1 aliphatic heterocycles. The number of hydrogen-bond acceptors (Lipinski definition) is 3. The van der Waals surface area contributed by atoms with Gasteiger partial charge in [0.25, 0.3) is 0 Å². The molecule has 1 aromatic carbocycles. The van der Waals surface area contributed by atoms with Crippen LogP contribution in [-0.4, -0.2) is 12.2 Å². The third-order valence-corrected chi connectivity index (χ3v) is 4.49. The summed E-state index contributed by atoms with van der Waals surface area (Å²) in [4.78, 5) is 11.1. The maximum Gasteiger partial charge on any atom is 0.416 e. The molecule has 22 heavy (non-hydrogen) atoms. The maximum absolute atomic E-state index is 12.6. The molecular weight excluding hydrogens is 297 g/mol. The van der Waals surface area contributed by atoms with Gasteiger partial charge in [0, 0.05) is 5.56 Å². The fraction of sp³-hybridized carbons (Fsp3) is 0.625. The van der Waals surface area contributed by atoms with Crippen LogP contribution >= 0.6 is 0 Å². The van der Waals surface area contributed by atoms with Crippen molar-refractivity contribution in [1.82, 2.24) is 0 Å². The highest BCUT2D eigenvalue weighted by atomic mass is 19.4. The Balaban J connectivity index is 1.72. The lowest BCUT2D eigenvalue weighted by atomic mass is 9.85. The Bertz CT molecular complexity index is 508. The van der Waals surface area contributed by atoms with Gasteiger partial charge in [0.2, 0.25) is 5.79 Å². The first-order valence-electron chi connectivity index (χ1n) is 7.52. The van der Waals surface area contributed by atoms with Crippen molar-refractivity contribution in [3.63, 3.8) is 0 Å². The van der Waals surface area contributed by atoms with Gasteiger partial charge in [-0.1, -0.05) is 31.4 Å². The molecule has 1 atom stereocenters. The van der Waals surface area contributed by atoms with Crippen LogP contribution in [0.2, 0.25) is 0 Å². The molecule has 2 aliphatic rings. The number of alkyl halides is 3. The van der Waals surface area contributed by atoms with E-state index in [0.717, 1.165) is 37.8 Å². The van der Waals surface area contributed by atoms with E-state index in [9.17, 15) is 13.2 Å². The van der Waals surface area contributed by atoms with E-state index in [1.807, 2.05) is 0 Å². The molecule has 1 saturated heterocycles. The zero-order valence-electron chi connectivity index (χ0n) is 12.4. The fourth-order valence-electron chi connectivity index (χ4n) is 3.00. The number of ether oxygens (including phenoxy) is 1. The Kier molecular flexibility index (Phi) is 3.95. The molecule has 1 heterocycles. The lowest BCUT2D eigenvalue weighted by Gasteiger charge is -2.45. The third kappa shape index (κ3) is 3.00. The molecular formula is C16H19F3O3. The van der Waals surface area contributed by atoms with Crippen molar-refractivity contribution in [2.45, 2.75) is 56.6 Å². The molecule has 1 saturated carbocycles. The lowest BCUT2D eigenvalue weighted by molar-refractivity contribution is -0.518. The van der Waals surface area contributed by atoms with E-state index in [1.165, 1.54) is 18.6 Å². The summed E-state index contributed by atoms with van der Waals surface area (Å²) in [5.74, 6) is -1.17. The molecule has 0 radical (unpaired) electrons. The number of halogens is 3. The molecule has 0 bridgehead atoms. The molecule has 3 nitrogen and oxygen atoms in total. The van der Waals surface area contributed by atoms with Crippen molar-refractivity contribution in [3.05, 3.63) is 35.4 Å². The summed E-state index contributed by atoms with van der Waals surface area (Å²) in [5, 5.41) is 0. The van der Waals surface area contributed by atoms with Crippen molar-refractivity contribution < 1.29 is 27.7 Å². The molecule has 122 valence electrons. The van der Waals surface area contributed by atoms with Crippen LogP contribution in [0.15, 0.2) is 24.3 Å². The summed E-state index contributed by atoms with van der Waals surface area (Å²) in [6.45, 7) is 2.05. The first-order valence-corrected chi connectivity index (χ1v) is 7.52. The van der Waals surface area contributed by atoms with Crippen LogP contribution in [0.4, 0.5) is 13.2 Å². The predicted octanol–water partition coefficient (Wildman–Crippen LogP) is 4.56. The standard InChI is InChI=1S/C16H19F3O3/c1-14(12-5-7-13(8-6-12)16(17,18)19)20-11-15(22-21-14)9-3-2-4-10-15/h5-8H,2-4,9-11H2,1H3. The van der Waals surface area contributed by atoms with Gasteiger partial charge in [0.05, 0.1) is 12.2 Å². The molecule has 1 unspecified atom stereocenters. The second-order valence-corrected chi connectivity index (χ2v) is 6.22. The van der Waals surface area contributed by atoms with Crippen LogP contribution in [0.5, 0.6) is 0 Å². The Morgan fingerprint density at radius 1 is 0.955 bits per heavy atom. The van der Waals surface area contributed by atoms with Gasteiger partial charge in [-0.05, 0) is 31.9 Å². The molecule has 3 rings (SSSR count). The molecule has 1 spiro atoms. The quantitative estimate of drug-likeness (QED) is 0.711. The van der Waals surface area contributed by atoms with Crippen LogP contribution in [0.3, 0.4) is 0 Å². The first kappa shape index (κ1) is 15.8. The van der Waals surface area contributed by atoms with Crippen LogP contribution in [0, 0.1) is 0 Å². The highest BCUT2D eigenvalue weighted by Gasteiger charge is 2.46. The topological polar surface area (TPSA) is 27.7 Å². The molecule has 6 heteroatoms. The first-order chi connectivity index (χ1) is 10.3. The second kappa shape index (κ2) is 5.51. The normalized spacial score (nSPS) is 28.7. The van der Waals surface area contributed by atoms with Crippen molar-refractivity contribution in [2.75, 3.05) is 6.61 Å². The van der Waals surface area contributed by atoms with E-state index in [4.69, 9.17) is 14.5 Å². The van der Waals surface area contributed by atoms with Gasteiger partial charge < -0.3 is 4.74 Å². The second-order valence-electron chi connectivity index (χ2n) is 6.22. The predicted molar refractivity (Wildman–Crippen MR) is 72.7 cm³/mol. The van der Waals surface area contributed by atoms with Crippen molar-refractivity contribution in [1.29, 1.82) is 0 Å². The summed E-state index contributed by atoms with van der Waals surface area (Å²) in [6.07, 6.45) is 0.747. The van der Waals surface area contributed by atoms with E-state index in [-0.39, 0.29) is 0 Å².